The van der Waals surface area contributed by atoms with Crippen LogP contribution in [-0.2, 0) is 14.3 Å². The molecule has 0 unspecified atom stereocenters. The lowest BCUT2D eigenvalue weighted by Crippen LogP contribution is -2.46. The van der Waals surface area contributed by atoms with Crippen molar-refractivity contribution in [2.45, 2.75) is 18.6 Å². The van der Waals surface area contributed by atoms with Gasteiger partial charge in [0.1, 0.15) is 17.5 Å². The lowest BCUT2D eigenvalue weighted by molar-refractivity contribution is -0.150. The average molecular weight is 398 g/mol. The molecule has 0 saturated carbocycles. The van der Waals surface area contributed by atoms with Crippen LogP contribution in [0.25, 0.3) is 0 Å². The maximum atomic E-state index is 12.4. The molecule has 0 aromatic heterocycles. The number of nitrogens with one attached hydrogen (secondary N) is 1. The Morgan fingerprint density at radius 2 is 1.72 bits per heavy atom. The zero-order valence-electron chi connectivity index (χ0n) is 15.9. The van der Waals surface area contributed by atoms with E-state index in [-0.39, 0.29) is 19.5 Å². The van der Waals surface area contributed by atoms with Crippen molar-refractivity contribution in [3.63, 3.8) is 0 Å². The highest BCUT2D eigenvalue weighted by molar-refractivity contribution is 5.97. The van der Waals surface area contributed by atoms with Crippen molar-refractivity contribution in [3.8, 4) is 11.5 Å². The number of carbonyl (C=O) groups excluding carboxylic acids is 3. The second-order valence-corrected chi connectivity index (χ2v) is 6.60. The van der Waals surface area contributed by atoms with E-state index in [9.17, 15) is 19.5 Å². The van der Waals surface area contributed by atoms with Crippen LogP contribution < -0.4 is 10.1 Å². The number of carbonyl (C=O) groups is 3. The third-order valence-corrected chi connectivity index (χ3v) is 4.57. The Balaban J connectivity index is 1.55. The number of ether oxygens (including phenoxy) is 2. The number of β-amino-alcohol motifs (C(OH)–C–C–N with tert-alkyl or cyclic N) is 1. The van der Waals surface area contributed by atoms with Crippen molar-refractivity contribution in [3.05, 3.63) is 60.2 Å². The summed E-state index contributed by atoms with van der Waals surface area (Å²) >= 11 is 0. The number of benzene rings is 2. The standard InChI is InChI=1S/C21H22N2O6/c1-28-21(27)18-11-15(24)13-23(18)19(25)12-22-20(26)14-7-9-17(10-8-14)29-16-5-3-2-4-6-16/h2-10,15,18,24H,11-13H2,1H3,(H,22,26)/t15-,18-/m0/s1. The van der Waals surface area contributed by atoms with Gasteiger partial charge < -0.3 is 24.8 Å². The van der Waals surface area contributed by atoms with Crippen LogP contribution in [0.15, 0.2) is 54.6 Å². The maximum absolute atomic E-state index is 12.4. The summed E-state index contributed by atoms with van der Waals surface area (Å²) in [6.07, 6.45) is -0.675. The van der Waals surface area contributed by atoms with E-state index in [2.05, 4.69) is 10.1 Å². The third kappa shape index (κ3) is 5.11. The number of aliphatic hydroxyl groups is 1. The van der Waals surface area contributed by atoms with Crippen LogP contribution in [0.3, 0.4) is 0 Å². The topological polar surface area (TPSA) is 105 Å². The van der Waals surface area contributed by atoms with Gasteiger partial charge in [0.25, 0.3) is 5.91 Å². The molecule has 1 heterocycles. The van der Waals surface area contributed by atoms with Crippen LogP contribution in [0, 0.1) is 0 Å². The first-order chi connectivity index (χ1) is 14.0. The Kier molecular flexibility index (Phi) is 6.46. The molecule has 1 aliphatic heterocycles. The zero-order chi connectivity index (χ0) is 20.8. The van der Waals surface area contributed by atoms with Crippen molar-refractivity contribution in [1.29, 1.82) is 0 Å². The first-order valence-corrected chi connectivity index (χ1v) is 9.14. The van der Waals surface area contributed by atoms with E-state index >= 15 is 0 Å². The number of hydrogen-bond acceptors (Lipinski definition) is 6. The molecule has 0 radical (unpaired) electrons. The van der Waals surface area contributed by atoms with Gasteiger partial charge in [-0.3, -0.25) is 9.59 Å². The fourth-order valence-corrected chi connectivity index (χ4v) is 3.11. The van der Waals surface area contributed by atoms with Crippen molar-refractivity contribution in [2.24, 2.45) is 0 Å². The summed E-state index contributed by atoms with van der Waals surface area (Å²) in [7, 11) is 1.22. The molecule has 152 valence electrons. The molecular weight excluding hydrogens is 376 g/mol. The van der Waals surface area contributed by atoms with E-state index in [1.54, 1.807) is 24.3 Å². The predicted octanol–water partition coefficient (Wildman–Crippen LogP) is 1.34. The summed E-state index contributed by atoms with van der Waals surface area (Å²) in [5, 5.41) is 12.3. The molecule has 2 atom stereocenters. The van der Waals surface area contributed by atoms with Gasteiger partial charge in [-0.05, 0) is 36.4 Å². The van der Waals surface area contributed by atoms with Gasteiger partial charge in [0.15, 0.2) is 0 Å². The number of esters is 1. The summed E-state index contributed by atoms with van der Waals surface area (Å²) in [5.74, 6) is -0.220. The molecule has 8 nitrogen and oxygen atoms in total. The predicted molar refractivity (Wildman–Crippen MR) is 103 cm³/mol. The minimum absolute atomic E-state index is 0.0278. The summed E-state index contributed by atoms with van der Waals surface area (Å²) < 4.78 is 10.3. The first kappa shape index (κ1) is 20.3. The summed E-state index contributed by atoms with van der Waals surface area (Å²) in [6, 6.07) is 14.9. The highest BCUT2D eigenvalue weighted by Crippen LogP contribution is 2.21. The van der Waals surface area contributed by atoms with Crippen molar-refractivity contribution < 1.29 is 29.0 Å². The molecule has 1 aliphatic rings. The number of para-hydroxylation sites is 1. The Labute approximate surface area is 168 Å². The van der Waals surface area contributed by atoms with Gasteiger partial charge in [0, 0.05) is 18.5 Å². The first-order valence-electron chi connectivity index (χ1n) is 9.14. The van der Waals surface area contributed by atoms with Crippen LogP contribution in [0.4, 0.5) is 0 Å². The molecule has 0 spiro atoms. The molecular formula is C21H22N2O6. The maximum Gasteiger partial charge on any atom is 0.328 e. The second kappa shape index (κ2) is 9.20. The molecule has 29 heavy (non-hydrogen) atoms. The number of likely N-dealkylation sites (tertiary alicyclic amines) is 1. The number of amides is 2. The van der Waals surface area contributed by atoms with Gasteiger partial charge in [-0.25, -0.2) is 4.79 Å². The number of methoxy groups -OCH3 is 1. The average Bonchev–Trinajstić information content (AvgIpc) is 3.14. The number of hydrogen-bond donors (Lipinski definition) is 2. The van der Waals surface area contributed by atoms with Gasteiger partial charge in [0.05, 0.1) is 19.8 Å². The number of nitrogens with zero attached hydrogens (tertiary/aromatic N) is 1. The molecule has 3 rings (SSSR count). The van der Waals surface area contributed by atoms with Crippen LogP contribution in [-0.4, -0.2) is 60.1 Å². The van der Waals surface area contributed by atoms with Crippen molar-refractivity contribution >= 4 is 17.8 Å². The van der Waals surface area contributed by atoms with E-state index in [0.29, 0.717) is 17.1 Å². The van der Waals surface area contributed by atoms with Gasteiger partial charge >= 0.3 is 5.97 Å². The molecule has 2 aromatic carbocycles. The SMILES string of the molecule is COC(=O)[C@@H]1C[C@H](O)CN1C(=O)CNC(=O)c1ccc(Oc2ccccc2)cc1. The van der Waals surface area contributed by atoms with Crippen molar-refractivity contribution in [2.75, 3.05) is 20.2 Å². The molecule has 2 N–H and O–H groups in total. The van der Waals surface area contributed by atoms with Crippen LogP contribution in [0.1, 0.15) is 16.8 Å². The molecule has 2 aromatic rings. The monoisotopic (exact) mass is 398 g/mol. The van der Waals surface area contributed by atoms with Gasteiger partial charge in [-0.2, -0.15) is 0 Å². The molecule has 0 aliphatic carbocycles. The quantitative estimate of drug-likeness (QED) is 0.712. The van der Waals surface area contributed by atoms with Gasteiger partial charge in [0.2, 0.25) is 5.91 Å². The normalized spacial score (nSPS) is 18.2. The van der Waals surface area contributed by atoms with E-state index in [1.165, 1.54) is 12.0 Å². The second-order valence-electron chi connectivity index (χ2n) is 6.60. The van der Waals surface area contributed by atoms with Crippen LogP contribution in [0.5, 0.6) is 11.5 Å². The Morgan fingerprint density at radius 3 is 2.38 bits per heavy atom. The van der Waals surface area contributed by atoms with Crippen LogP contribution >= 0.6 is 0 Å². The smallest absolute Gasteiger partial charge is 0.328 e. The van der Waals surface area contributed by atoms with E-state index in [4.69, 9.17) is 4.74 Å². The highest BCUT2D eigenvalue weighted by Gasteiger charge is 2.39. The molecule has 0 bridgehead atoms. The number of rotatable bonds is 6. The van der Waals surface area contributed by atoms with Crippen molar-refractivity contribution in [1.82, 2.24) is 10.2 Å². The Hall–Kier alpha value is -3.39. The molecule has 8 heteroatoms. The lowest BCUT2D eigenvalue weighted by Gasteiger charge is -2.22. The summed E-state index contributed by atoms with van der Waals surface area (Å²) in [4.78, 5) is 37.7. The fourth-order valence-electron chi connectivity index (χ4n) is 3.11. The Morgan fingerprint density at radius 1 is 1.07 bits per heavy atom. The highest BCUT2D eigenvalue weighted by atomic mass is 16.5. The van der Waals surface area contributed by atoms with Gasteiger partial charge in [-0.15, -0.1) is 0 Å². The Bertz CT molecular complexity index is 868. The minimum Gasteiger partial charge on any atom is -0.467 e. The fraction of sp³-hybridized carbons (Fsp3) is 0.286. The van der Waals surface area contributed by atoms with E-state index in [0.717, 1.165) is 0 Å². The van der Waals surface area contributed by atoms with Crippen LogP contribution in [0.2, 0.25) is 0 Å². The number of aliphatic hydroxyl groups excluding tert-OH is 1. The minimum atomic E-state index is -0.839. The summed E-state index contributed by atoms with van der Waals surface area (Å²) in [5.41, 5.74) is 0.365. The lowest BCUT2D eigenvalue weighted by atomic mass is 10.2. The van der Waals surface area contributed by atoms with Gasteiger partial charge in [-0.1, -0.05) is 18.2 Å². The molecule has 1 saturated heterocycles. The van der Waals surface area contributed by atoms with E-state index in [1.807, 2.05) is 30.3 Å². The molecule has 1 fully saturated rings. The largest absolute Gasteiger partial charge is 0.467 e. The molecule has 2 amide bonds. The third-order valence-electron chi connectivity index (χ3n) is 4.57. The van der Waals surface area contributed by atoms with E-state index < -0.39 is 29.9 Å². The zero-order valence-corrected chi connectivity index (χ0v) is 15.9. The summed E-state index contributed by atoms with van der Waals surface area (Å²) in [6.45, 7) is -0.263.